The zero-order valence-corrected chi connectivity index (χ0v) is 11.0. The summed E-state index contributed by atoms with van der Waals surface area (Å²) in [4.78, 5) is 13.0. The summed E-state index contributed by atoms with van der Waals surface area (Å²) in [6.45, 7) is 2.86. The first kappa shape index (κ1) is 13.6. The van der Waals surface area contributed by atoms with Crippen molar-refractivity contribution < 1.29 is 4.79 Å². The van der Waals surface area contributed by atoms with E-state index in [1.165, 1.54) is 12.0 Å². The van der Waals surface area contributed by atoms with Gasteiger partial charge in [-0.05, 0) is 24.1 Å². The van der Waals surface area contributed by atoms with Gasteiger partial charge in [-0.15, -0.1) is 0 Å². The van der Waals surface area contributed by atoms with E-state index in [2.05, 4.69) is 36.5 Å². The van der Waals surface area contributed by atoms with Crippen LogP contribution in [-0.4, -0.2) is 31.4 Å². The monoisotopic (exact) mass is 234 g/mol. The second kappa shape index (κ2) is 6.94. The largest absolute Gasteiger partial charge is 0.385 e. The fraction of sp³-hybridized carbons (Fsp3) is 0.500. The minimum atomic E-state index is 0.153. The van der Waals surface area contributed by atoms with Gasteiger partial charge in [0.1, 0.15) is 0 Å². The number of carbonyl (C=O) groups excluding carboxylic acids is 1. The number of rotatable bonds is 6. The summed E-state index contributed by atoms with van der Waals surface area (Å²) in [5.41, 5.74) is 2.44. The third kappa shape index (κ3) is 4.89. The van der Waals surface area contributed by atoms with Crippen molar-refractivity contribution in [3.63, 3.8) is 0 Å². The molecule has 0 saturated carbocycles. The van der Waals surface area contributed by atoms with Crippen molar-refractivity contribution in [3.8, 4) is 0 Å². The van der Waals surface area contributed by atoms with Crippen LogP contribution in [-0.2, 0) is 11.2 Å². The molecule has 0 aromatic heterocycles. The van der Waals surface area contributed by atoms with Gasteiger partial charge in [-0.1, -0.05) is 25.5 Å². The van der Waals surface area contributed by atoms with Crippen molar-refractivity contribution in [3.05, 3.63) is 29.8 Å². The molecule has 1 amide bonds. The van der Waals surface area contributed by atoms with E-state index in [9.17, 15) is 4.79 Å². The van der Waals surface area contributed by atoms with Crippen LogP contribution in [0.5, 0.6) is 0 Å². The molecule has 17 heavy (non-hydrogen) atoms. The summed E-state index contributed by atoms with van der Waals surface area (Å²) in [5.74, 6) is 0.153. The Morgan fingerprint density at radius 2 is 1.88 bits per heavy atom. The Morgan fingerprint density at radius 3 is 2.41 bits per heavy atom. The van der Waals surface area contributed by atoms with Crippen LogP contribution >= 0.6 is 0 Å². The van der Waals surface area contributed by atoms with Gasteiger partial charge in [-0.3, -0.25) is 4.79 Å². The molecule has 0 spiro atoms. The molecular weight excluding hydrogens is 212 g/mol. The molecule has 0 radical (unpaired) electrons. The van der Waals surface area contributed by atoms with Gasteiger partial charge in [0.25, 0.3) is 0 Å². The number of benzene rings is 1. The van der Waals surface area contributed by atoms with Gasteiger partial charge in [-0.25, -0.2) is 0 Å². The Balaban J connectivity index is 2.34. The zero-order valence-electron chi connectivity index (χ0n) is 11.0. The minimum Gasteiger partial charge on any atom is -0.385 e. The molecule has 0 aliphatic carbocycles. The standard InChI is InChI=1S/C14H22N2O/c1-4-5-12-6-8-13(9-7-12)15-11-10-14(17)16(2)3/h6-9,15H,4-5,10-11H2,1-3H3. The van der Waals surface area contributed by atoms with Crippen LogP contribution < -0.4 is 5.32 Å². The molecule has 1 rings (SSSR count). The molecule has 1 N–H and O–H groups in total. The molecule has 0 aliphatic heterocycles. The van der Waals surface area contributed by atoms with Crippen molar-refractivity contribution in [1.29, 1.82) is 0 Å². The second-order valence-electron chi connectivity index (χ2n) is 4.41. The highest BCUT2D eigenvalue weighted by atomic mass is 16.2. The van der Waals surface area contributed by atoms with Crippen molar-refractivity contribution in [2.24, 2.45) is 0 Å². The quantitative estimate of drug-likeness (QED) is 0.820. The van der Waals surface area contributed by atoms with E-state index in [-0.39, 0.29) is 5.91 Å². The van der Waals surface area contributed by atoms with Crippen molar-refractivity contribution in [2.75, 3.05) is 26.0 Å². The highest BCUT2D eigenvalue weighted by Crippen LogP contribution is 2.10. The molecular formula is C14H22N2O. The zero-order chi connectivity index (χ0) is 12.7. The molecule has 3 heteroatoms. The van der Waals surface area contributed by atoms with Gasteiger partial charge in [-0.2, -0.15) is 0 Å². The summed E-state index contributed by atoms with van der Waals surface area (Å²) in [7, 11) is 3.56. The number of hydrogen-bond acceptors (Lipinski definition) is 2. The Labute approximate surface area is 104 Å². The van der Waals surface area contributed by atoms with Gasteiger partial charge in [0, 0.05) is 32.7 Å². The van der Waals surface area contributed by atoms with Crippen molar-refractivity contribution in [2.45, 2.75) is 26.2 Å². The lowest BCUT2D eigenvalue weighted by molar-refractivity contribution is -0.128. The first-order valence-electron chi connectivity index (χ1n) is 6.16. The Morgan fingerprint density at radius 1 is 1.24 bits per heavy atom. The van der Waals surface area contributed by atoms with Gasteiger partial charge >= 0.3 is 0 Å². The van der Waals surface area contributed by atoms with Gasteiger partial charge in [0.2, 0.25) is 5.91 Å². The van der Waals surface area contributed by atoms with Crippen LogP contribution in [0.15, 0.2) is 24.3 Å². The van der Waals surface area contributed by atoms with E-state index < -0.39 is 0 Å². The van der Waals surface area contributed by atoms with Gasteiger partial charge in [0.15, 0.2) is 0 Å². The average molecular weight is 234 g/mol. The molecule has 0 aliphatic rings. The molecule has 0 saturated heterocycles. The average Bonchev–Trinajstić information content (AvgIpc) is 2.31. The maximum atomic E-state index is 11.4. The van der Waals surface area contributed by atoms with Crippen LogP contribution in [0.25, 0.3) is 0 Å². The molecule has 0 heterocycles. The third-order valence-corrected chi connectivity index (χ3v) is 2.66. The maximum Gasteiger partial charge on any atom is 0.223 e. The highest BCUT2D eigenvalue weighted by Gasteiger charge is 2.02. The van der Waals surface area contributed by atoms with Crippen LogP contribution in [0.3, 0.4) is 0 Å². The first-order chi connectivity index (χ1) is 8.13. The normalized spacial score (nSPS) is 10.1. The lowest BCUT2D eigenvalue weighted by atomic mass is 10.1. The third-order valence-electron chi connectivity index (χ3n) is 2.66. The molecule has 1 aromatic carbocycles. The second-order valence-corrected chi connectivity index (χ2v) is 4.41. The smallest absolute Gasteiger partial charge is 0.223 e. The SMILES string of the molecule is CCCc1ccc(NCCC(=O)N(C)C)cc1. The van der Waals surface area contributed by atoms with E-state index in [1.807, 2.05) is 0 Å². The molecule has 0 atom stereocenters. The fourth-order valence-corrected chi connectivity index (χ4v) is 1.62. The Kier molecular flexibility index (Phi) is 5.53. The van der Waals surface area contributed by atoms with Gasteiger partial charge < -0.3 is 10.2 Å². The summed E-state index contributed by atoms with van der Waals surface area (Å²) >= 11 is 0. The molecule has 0 fully saturated rings. The number of amides is 1. The number of nitrogens with one attached hydrogen (secondary N) is 1. The molecule has 94 valence electrons. The van der Waals surface area contributed by atoms with E-state index in [0.29, 0.717) is 13.0 Å². The summed E-state index contributed by atoms with van der Waals surface area (Å²) in [5, 5.41) is 3.25. The number of aryl methyl sites for hydroxylation is 1. The predicted octanol–water partition coefficient (Wildman–Crippen LogP) is 2.53. The van der Waals surface area contributed by atoms with Crippen LogP contribution in [0.1, 0.15) is 25.3 Å². The molecule has 1 aromatic rings. The van der Waals surface area contributed by atoms with E-state index in [4.69, 9.17) is 0 Å². The highest BCUT2D eigenvalue weighted by molar-refractivity contribution is 5.76. The minimum absolute atomic E-state index is 0.153. The van der Waals surface area contributed by atoms with Gasteiger partial charge in [0.05, 0.1) is 0 Å². The number of carbonyl (C=O) groups is 1. The van der Waals surface area contributed by atoms with Crippen LogP contribution in [0, 0.1) is 0 Å². The van der Waals surface area contributed by atoms with E-state index >= 15 is 0 Å². The van der Waals surface area contributed by atoms with Crippen molar-refractivity contribution >= 4 is 11.6 Å². The number of hydrogen-bond donors (Lipinski definition) is 1. The predicted molar refractivity (Wildman–Crippen MR) is 72.2 cm³/mol. The molecule has 0 unspecified atom stereocenters. The Bertz CT molecular complexity index is 344. The summed E-state index contributed by atoms with van der Waals surface area (Å²) in [6.07, 6.45) is 2.83. The summed E-state index contributed by atoms with van der Waals surface area (Å²) < 4.78 is 0. The van der Waals surface area contributed by atoms with E-state index in [0.717, 1.165) is 12.1 Å². The Hall–Kier alpha value is -1.51. The van der Waals surface area contributed by atoms with E-state index in [1.54, 1.807) is 19.0 Å². The lowest BCUT2D eigenvalue weighted by Gasteiger charge is -2.11. The van der Waals surface area contributed by atoms with Crippen LogP contribution in [0.2, 0.25) is 0 Å². The topological polar surface area (TPSA) is 32.3 Å². The van der Waals surface area contributed by atoms with Crippen molar-refractivity contribution in [1.82, 2.24) is 4.90 Å². The summed E-state index contributed by atoms with van der Waals surface area (Å²) in [6, 6.07) is 8.43. The number of nitrogens with zero attached hydrogens (tertiary/aromatic N) is 1. The maximum absolute atomic E-state index is 11.4. The fourth-order valence-electron chi connectivity index (χ4n) is 1.62. The molecule has 3 nitrogen and oxygen atoms in total. The van der Waals surface area contributed by atoms with Crippen LogP contribution in [0.4, 0.5) is 5.69 Å². The first-order valence-corrected chi connectivity index (χ1v) is 6.16. The molecule has 0 bridgehead atoms. The lowest BCUT2D eigenvalue weighted by Crippen LogP contribution is -2.23. The number of anilines is 1.